The van der Waals surface area contributed by atoms with Gasteiger partial charge in [0, 0.05) is 36.2 Å². The molecular formula is C38H26S2. The quantitative estimate of drug-likeness (QED) is 0.208. The topological polar surface area (TPSA) is 0 Å². The first kappa shape index (κ1) is 22.9. The number of thiophene rings is 1. The molecule has 0 radical (unpaired) electrons. The summed E-state index contributed by atoms with van der Waals surface area (Å²) >= 11 is 3.96. The van der Waals surface area contributed by atoms with Crippen LogP contribution in [0.15, 0.2) is 126 Å². The normalized spacial score (nSPS) is 19.8. The van der Waals surface area contributed by atoms with Crippen LogP contribution in [0.1, 0.15) is 35.4 Å². The summed E-state index contributed by atoms with van der Waals surface area (Å²) < 4.78 is 2.76. The highest BCUT2D eigenvalue weighted by Gasteiger charge is 2.34. The summed E-state index contributed by atoms with van der Waals surface area (Å²) in [5.41, 5.74) is 6.84. The predicted octanol–water partition coefficient (Wildman–Crippen LogP) is 11.3. The fraction of sp³-hybridized carbons (Fsp3) is 0.105. The molecule has 0 nitrogen and oxygen atoms in total. The Kier molecular flexibility index (Phi) is 5.06. The first-order valence-corrected chi connectivity index (χ1v) is 15.8. The van der Waals surface area contributed by atoms with E-state index >= 15 is 0 Å². The highest BCUT2D eigenvalue weighted by atomic mass is 32.2. The van der Waals surface area contributed by atoms with Gasteiger partial charge in [0.25, 0.3) is 0 Å². The van der Waals surface area contributed by atoms with Gasteiger partial charge in [-0.1, -0.05) is 97.1 Å². The second-order valence-corrected chi connectivity index (χ2v) is 13.4. The number of allylic oxidation sites excluding steroid dienone is 7. The van der Waals surface area contributed by atoms with Crippen molar-refractivity contribution in [2.75, 3.05) is 0 Å². The Bertz CT molecular complexity index is 2150. The molecule has 190 valence electrons. The third kappa shape index (κ3) is 3.46. The molecule has 2 unspecified atom stereocenters. The minimum Gasteiger partial charge on any atom is -0.135 e. The lowest BCUT2D eigenvalue weighted by Gasteiger charge is -2.20. The number of fused-ring (bicyclic) bond motifs is 10. The Morgan fingerprint density at radius 2 is 1.50 bits per heavy atom. The second-order valence-electron chi connectivity index (χ2n) is 11.1. The third-order valence-electron chi connectivity index (χ3n) is 8.82. The maximum absolute atomic E-state index is 2.50. The molecule has 1 aromatic heterocycles. The summed E-state index contributed by atoms with van der Waals surface area (Å²) in [6, 6.07) is 32.1. The van der Waals surface area contributed by atoms with Crippen molar-refractivity contribution in [3.8, 4) is 0 Å². The van der Waals surface area contributed by atoms with E-state index in [1.54, 1.807) is 0 Å². The maximum atomic E-state index is 2.50. The van der Waals surface area contributed by atoms with E-state index in [1.807, 2.05) is 23.1 Å². The lowest BCUT2D eigenvalue weighted by atomic mass is 9.85. The predicted molar refractivity (Wildman–Crippen MR) is 177 cm³/mol. The van der Waals surface area contributed by atoms with Crippen LogP contribution in [0.2, 0.25) is 0 Å². The molecule has 3 aliphatic rings. The second kappa shape index (κ2) is 8.83. The Labute approximate surface area is 242 Å². The molecule has 0 saturated carbocycles. The molecule has 0 amide bonds. The molecule has 2 aliphatic carbocycles. The molecule has 0 N–H and O–H groups in total. The molecular weight excluding hydrogens is 521 g/mol. The van der Waals surface area contributed by atoms with E-state index in [2.05, 4.69) is 121 Å². The highest BCUT2D eigenvalue weighted by molar-refractivity contribution is 8.00. The van der Waals surface area contributed by atoms with Crippen LogP contribution < -0.4 is 0 Å². The first-order valence-electron chi connectivity index (χ1n) is 14.1. The van der Waals surface area contributed by atoms with Crippen LogP contribution >= 0.6 is 23.1 Å². The summed E-state index contributed by atoms with van der Waals surface area (Å²) in [7, 11) is 0. The summed E-state index contributed by atoms with van der Waals surface area (Å²) in [5, 5.41) is 8.64. The molecule has 2 heterocycles. The average molecular weight is 547 g/mol. The van der Waals surface area contributed by atoms with Gasteiger partial charge in [-0.25, -0.2) is 0 Å². The van der Waals surface area contributed by atoms with Crippen molar-refractivity contribution >= 4 is 76.0 Å². The fourth-order valence-corrected chi connectivity index (χ4v) is 9.43. The maximum Gasteiger partial charge on any atom is 0.0387 e. The van der Waals surface area contributed by atoms with Gasteiger partial charge < -0.3 is 0 Å². The third-order valence-corrected chi connectivity index (χ3v) is 11.3. The summed E-state index contributed by atoms with van der Waals surface area (Å²) in [6.07, 6.45) is 16.6. The van der Waals surface area contributed by atoms with Crippen LogP contribution in [-0.4, -0.2) is 5.25 Å². The van der Waals surface area contributed by atoms with Crippen molar-refractivity contribution in [2.45, 2.75) is 28.9 Å². The van der Waals surface area contributed by atoms with Gasteiger partial charge >= 0.3 is 0 Å². The zero-order valence-electron chi connectivity index (χ0n) is 21.9. The van der Waals surface area contributed by atoms with Crippen molar-refractivity contribution < 1.29 is 0 Å². The molecule has 2 atom stereocenters. The van der Waals surface area contributed by atoms with Crippen molar-refractivity contribution in [3.05, 3.63) is 138 Å². The molecule has 1 aliphatic heterocycles. The first-order chi connectivity index (χ1) is 19.8. The minimum absolute atomic E-state index is 0.409. The van der Waals surface area contributed by atoms with E-state index in [9.17, 15) is 0 Å². The monoisotopic (exact) mass is 546 g/mol. The number of thioether (sulfide) groups is 1. The van der Waals surface area contributed by atoms with Crippen LogP contribution in [0.25, 0.3) is 52.9 Å². The zero-order valence-corrected chi connectivity index (χ0v) is 23.6. The van der Waals surface area contributed by atoms with Crippen LogP contribution in [-0.2, 0) is 0 Å². The van der Waals surface area contributed by atoms with Gasteiger partial charge in [-0.2, -0.15) is 0 Å². The Morgan fingerprint density at radius 3 is 2.42 bits per heavy atom. The van der Waals surface area contributed by atoms with Crippen LogP contribution in [0, 0.1) is 0 Å². The van der Waals surface area contributed by atoms with E-state index in [4.69, 9.17) is 0 Å². The molecule has 0 bridgehead atoms. The van der Waals surface area contributed by atoms with Gasteiger partial charge in [0.2, 0.25) is 0 Å². The lowest BCUT2D eigenvalue weighted by Crippen LogP contribution is -2.09. The molecule has 0 spiro atoms. The fourth-order valence-electron chi connectivity index (χ4n) is 6.87. The Balaban J connectivity index is 1.13. The molecule has 0 fully saturated rings. The summed E-state index contributed by atoms with van der Waals surface area (Å²) in [6.45, 7) is 0. The zero-order chi connectivity index (χ0) is 26.2. The van der Waals surface area contributed by atoms with Gasteiger partial charge in [0.05, 0.1) is 0 Å². The molecule has 5 aromatic carbocycles. The van der Waals surface area contributed by atoms with Gasteiger partial charge in [-0.05, 0) is 86.5 Å². The van der Waals surface area contributed by atoms with Crippen LogP contribution in [0.5, 0.6) is 0 Å². The Hall–Kier alpha value is -3.85. The van der Waals surface area contributed by atoms with Crippen LogP contribution in [0.3, 0.4) is 0 Å². The Morgan fingerprint density at radius 1 is 0.650 bits per heavy atom. The van der Waals surface area contributed by atoms with Gasteiger partial charge in [0.15, 0.2) is 0 Å². The van der Waals surface area contributed by atoms with E-state index in [1.165, 1.54) is 74.4 Å². The van der Waals surface area contributed by atoms with Crippen LogP contribution in [0.4, 0.5) is 0 Å². The standard InChI is InChI=1S/C38H26S2/c1-2-6-23(7-3-1)27-12-14-31-35(21-27)39-33-18-16-30-29(37(31)33)17-19-34-38(30)32-15-13-28(22-36(32)40-34)26-11-10-24-8-4-5-9-25(24)20-26/h2,4-22,32,36H,1,3H2. The molecule has 40 heavy (non-hydrogen) atoms. The SMILES string of the molecule is C1=CC(c2ccc3c(c2)sc2ccc4c5c(ccc4c23)SC2C=C(c3ccc4ccccc4c3)C=CC52)=CCC1. The largest absolute Gasteiger partial charge is 0.135 e. The molecule has 9 rings (SSSR count). The lowest BCUT2D eigenvalue weighted by molar-refractivity contribution is 0.893. The van der Waals surface area contributed by atoms with Gasteiger partial charge in [0.1, 0.15) is 0 Å². The van der Waals surface area contributed by atoms with E-state index in [0.29, 0.717) is 11.2 Å². The van der Waals surface area contributed by atoms with Crippen molar-refractivity contribution in [3.63, 3.8) is 0 Å². The number of hydrogen-bond acceptors (Lipinski definition) is 2. The number of benzene rings is 5. The number of hydrogen-bond donors (Lipinski definition) is 0. The number of rotatable bonds is 2. The van der Waals surface area contributed by atoms with Gasteiger partial charge in [-0.15, -0.1) is 23.1 Å². The highest BCUT2D eigenvalue weighted by Crippen LogP contribution is 2.53. The average Bonchev–Trinajstić information content (AvgIpc) is 3.58. The smallest absolute Gasteiger partial charge is 0.0387 e. The summed E-state index contributed by atoms with van der Waals surface area (Å²) in [5.74, 6) is 0.409. The van der Waals surface area contributed by atoms with E-state index in [0.717, 1.165) is 12.8 Å². The van der Waals surface area contributed by atoms with E-state index < -0.39 is 0 Å². The molecule has 6 aromatic rings. The molecule has 2 heteroatoms. The van der Waals surface area contributed by atoms with Crippen molar-refractivity contribution in [2.24, 2.45) is 0 Å². The van der Waals surface area contributed by atoms with E-state index in [-0.39, 0.29) is 0 Å². The van der Waals surface area contributed by atoms with Crippen molar-refractivity contribution in [1.82, 2.24) is 0 Å². The minimum atomic E-state index is 0.409. The van der Waals surface area contributed by atoms with Crippen molar-refractivity contribution in [1.29, 1.82) is 0 Å². The van der Waals surface area contributed by atoms with Gasteiger partial charge in [-0.3, -0.25) is 0 Å². The molecule has 0 saturated heterocycles. The summed E-state index contributed by atoms with van der Waals surface area (Å²) in [4.78, 5) is 1.43.